The molecule has 3 aromatic heterocycles. The summed E-state index contributed by atoms with van der Waals surface area (Å²) in [6.45, 7) is 2.07. The molecule has 0 spiro atoms. The lowest BCUT2D eigenvalue weighted by molar-refractivity contribution is 0.0949. The van der Waals surface area contributed by atoms with Gasteiger partial charge in [-0.1, -0.05) is 0 Å². The lowest BCUT2D eigenvalue weighted by atomic mass is 10.2. The lowest BCUT2D eigenvalue weighted by Gasteiger charge is -2.02. The molecule has 1 amide bonds. The van der Waals surface area contributed by atoms with E-state index in [0.717, 1.165) is 5.69 Å². The first-order valence-corrected chi connectivity index (χ1v) is 6.59. The third-order valence-electron chi connectivity index (χ3n) is 3.22. The predicted molar refractivity (Wildman–Crippen MR) is 76.5 cm³/mol. The number of amides is 1. The van der Waals surface area contributed by atoms with Gasteiger partial charge in [0.15, 0.2) is 0 Å². The zero-order valence-electron chi connectivity index (χ0n) is 12.1. The Labute approximate surface area is 125 Å². The minimum absolute atomic E-state index is 0.206. The minimum Gasteiger partial charge on any atom is -0.345 e. The van der Waals surface area contributed by atoms with Crippen LogP contribution in [0.4, 0.5) is 0 Å². The second-order valence-corrected chi connectivity index (χ2v) is 4.65. The van der Waals surface area contributed by atoms with Crippen molar-refractivity contribution in [2.45, 2.75) is 13.5 Å². The van der Waals surface area contributed by atoms with Crippen LogP contribution < -0.4 is 5.32 Å². The summed E-state index contributed by atoms with van der Waals surface area (Å²) in [6, 6.07) is 0. The molecule has 0 radical (unpaired) electrons. The van der Waals surface area contributed by atoms with Crippen molar-refractivity contribution < 1.29 is 4.79 Å². The van der Waals surface area contributed by atoms with E-state index in [0.29, 0.717) is 22.9 Å². The number of H-pyrrole nitrogens is 1. The van der Waals surface area contributed by atoms with Crippen molar-refractivity contribution in [2.75, 3.05) is 0 Å². The maximum Gasteiger partial charge on any atom is 0.255 e. The van der Waals surface area contributed by atoms with Crippen molar-refractivity contribution in [1.82, 2.24) is 40.2 Å². The number of aromatic nitrogens is 7. The molecule has 0 atom stereocenters. The van der Waals surface area contributed by atoms with E-state index in [9.17, 15) is 4.79 Å². The predicted octanol–water partition coefficient (Wildman–Crippen LogP) is 0.234. The van der Waals surface area contributed by atoms with E-state index in [1.807, 2.05) is 6.92 Å². The highest BCUT2D eigenvalue weighted by Crippen LogP contribution is 2.09. The Morgan fingerprint density at radius 2 is 2.23 bits per heavy atom. The van der Waals surface area contributed by atoms with Crippen LogP contribution in [0.5, 0.6) is 0 Å². The standard InChI is InChI=1S/C13H14N8O/c1-8-9(5-17-21(8)2)13(22)16-7-11-18-12(20-19-11)10-6-14-3-4-15-10/h3-6H,7H2,1-2H3,(H,16,22)(H,18,19,20). The number of nitrogens with one attached hydrogen (secondary N) is 2. The molecule has 3 aromatic rings. The molecule has 0 aromatic carbocycles. The van der Waals surface area contributed by atoms with Crippen molar-refractivity contribution in [3.05, 3.63) is 41.9 Å². The van der Waals surface area contributed by atoms with Gasteiger partial charge in [0, 0.05) is 25.1 Å². The van der Waals surface area contributed by atoms with Gasteiger partial charge < -0.3 is 5.32 Å². The Hall–Kier alpha value is -3.10. The first-order chi connectivity index (χ1) is 10.6. The molecule has 3 heterocycles. The molecule has 0 saturated heterocycles. The molecule has 9 nitrogen and oxygen atoms in total. The second kappa shape index (κ2) is 5.72. The number of carbonyl (C=O) groups is 1. The van der Waals surface area contributed by atoms with Crippen LogP contribution in [0.2, 0.25) is 0 Å². The average Bonchev–Trinajstić information content (AvgIpc) is 3.14. The number of hydrogen-bond acceptors (Lipinski definition) is 6. The van der Waals surface area contributed by atoms with Gasteiger partial charge in [-0.2, -0.15) is 10.2 Å². The Morgan fingerprint density at radius 1 is 1.36 bits per heavy atom. The number of aromatic amines is 1. The van der Waals surface area contributed by atoms with E-state index >= 15 is 0 Å². The highest BCUT2D eigenvalue weighted by atomic mass is 16.1. The maximum atomic E-state index is 12.1. The van der Waals surface area contributed by atoms with Crippen molar-refractivity contribution in [2.24, 2.45) is 7.05 Å². The van der Waals surface area contributed by atoms with Crippen LogP contribution in [0.15, 0.2) is 24.8 Å². The lowest BCUT2D eigenvalue weighted by Crippen LogP contribution is -2.23. The molecule has 0 saturated carbocycles. The SMILES string of the molecule is Cc1c(C(=O)NCc2nc(-c3cnccn3)n[nH]2)cnn1C. The third kappa shape index (κ3) is 2.68. The Bertz CT molecular complexity index is 791. The van der Waals surface area contributed by atoms with Crippen LogP contribution >= 0.6 is 0 Å². The fourth-order valence-electron chi connectivity index (χ4n) is 1.88. The van der Waals surface area contributed by atoms with Gasteiger partial charge in [0.05, 0.1) is 24.5 Å². The highest BCUT2D eigenvalue weighted by molar-refractivity contribution is 5.94. The van der Waals surface area contributed by atoms with E-state index in [1.54, 1.807) is 30.3 Å². The molecule has 0 aliphatic rings. The van der Waals surface area contributed by atoms with Crippen molar-refractivity contribution >= 4 is 5.91 Å². The van der Waals surface area contributed by atoms with Crippen LogP contribution in [0, 0.1) is 6.92 Å². The first-order valence-electron chi connectivity index (χ1n) is 6.59. The van der Waals surface area contributed by atoms with Gasteiger partial charge in [-0.05, 0) is 6.92 Å². The van der Waals surface area contributed by atoms with Gasteiger partial charge in [-0.15, -0.1) is 0 Å². The number of aryl methyl sites for hydroxylation is 1. The monoisotopic (exact) mass is 298 g/mol. The largest absolute Gasteiger partial charge is 0.345 e. The smallest absolute Gasteiger partial charge is 0.255 e. The minimum atomic E-state index is -0.206. The fraction of sp³-hybridized carbons (Fsp3) is 0.231. The average molecular weight is 298 g/mol. The molecule has 0 bridgehead atoms. The molecule has 3 rings (SSSR count). The van der Waals surface area contributed by atoms with E-state index in [4.69, 9.17) is 0 Å². The van der Waals surface area contributed by atoms with E-state index in [2.05, 4.69) is 35.6 Å². The Morgan fingerprint density at radius 3 is 2.91 bits per heavy atom. The first kappa shape index (κ1) is 13.9. The molecular formula is C13H14N8O. The summed E-state index contributed by atoms with van der Waals surface area (Å²) < 4.78 is 1.65. The Balaban J connectivity index is 1.66. The van der Waals surface area contributed by atoms with Gasteiger partial charge in [0.25, 0.3) is 5.91 Å². The summed E-state index contributed by atoms with van der Waals surface area (Å²) in [5, 5.41) is 13.6. The van der Waals surface area contributed by atoms with Crippen LogP contribution in [0.3, 0.4) is 0 Å². The van der Waals surface area contributed by atoms with Crippen LogP contribution in [-0.2, 0) is 13.6 Å². The fourth-order valence-corrected chi connectivity index (χ4v) is 1.88. The summed E-state index contributed by atoms with van der Waals surface area (Å²) in [5.41, 5.74) is 1.91. The molecule has 9 heteroatoms. The van der Waals surface area contributed by atoms with Gasteiger partial charge in [-0.3, -0.25) is 19.6 Å². The molecule has 0 fully saturated rings. The molecule has 0 unspecified atom stereocenters. The topological polar surface area (TPSA) is 114 Å². The van der Waals surface area contributed by atoms with E-state index < -0.39 is 0 Å². The van der Waals surface area contributed by atoms with Gasteiger partial charge in [0.2, 0.25) is 5.82 Å². The summed E-state index contributed by atoms with van der Waals surface area (Å²) in [4.78, 5) is 24.4. The Kier molecular flexibility index (Phi) is 3.60. The number of nitrogens with zero attached hydrogens (tertiary/aromatic N) is 6. The molecular weight excluding hydrogens is 284 g/mol. The summed E-state index contributed by atoms with van der Waals surface area (Å²) in [5.74, 6) is 0.772. The summed E-state index contributed by atoms with van der Waals surface area (Å²) >= 11 is 0. The highest BCUT2D eigenvalue weighted by Gasteiger charge is 2.13. The maximum absolute atomic E-state index is 12.1. The van der Waals surface area contributed by atoms with Crippen LogP contribution in [0.25, 0.3) is 11.5 Å². The van der Waals surface area contributed by atoms with Crippen molar-refractivity contribution in [1.29, 1.82) is 0 Å². The molecule has 22 heavy (non-hydrogen) atoms. The molecule has 2 N–H and O–H groups in total. The zero-order valence-corrected chi connectivity index (χ0v) is 12.1. The quantitative estimate of drug-likeness (QED) is 0.712. The molecule has 0 aliphatic carbocycles. The van der Waals surface area contributed by atoms with Gasteiger partial charge in [0.1, 0.15) is 11.5 Å². The van der Waals surface area contributed by atoms with Crippen molar-refractivity contribution in [3.63, 3.8) is 0 Å². The van der Waals surface area contributed by atoms with E-state index in [1.165, 1.54) is 6.20 Å². The number of carbonyl (C=O) groups excluding carboxylic acids is 1. The van der Waals surface area contributed by atoms with Gasteiger partial charge >= 0.3 is 0 Å². The van der Waals surface area contributed by atoms with E-state index in [-0.39, 0.29) is 12.5 Å². The van der Waals surface area contributed by atoms with Crippen LogP contribution in [0.1, 0.15) is 21.9 Å². The number of rotatable bonds is 4. The summed E-state index contributed by atoms with van der Waals surface area (Å²) in [7, 11) is 1.79. The number of hydrogen-bond donors (Lipinski definition) is 2. The second-order valence-electron chi connectivity index (χ2n) is 4.65. The van der Waals surface area contributed by atoms with Crippen LogP contribution in [-0.4, -0.2) is 40.8 Å². The molecule has 112 valence electrons. The summed E-state index contributed by atoms with van der Waals surface area (Å²) in [6.07, 6.45) is 6.26. The van der Waals surface area contributed by atoms with Gasteiger partial charge in [-0.25, -0.2) is 9.97 Å². The normalized spacial score (nSPS) is 10.6. The zero-order chi connectivity index (χ0) is 15.5. The third-order valence-corrected chi connectivity index (χ3v) is 3.22. The molecule has 0 aliphatic heterocycles. The van der Waals surface area contributed by atoms with Crippen molar-refractivity contribution in [3.8, 4) is 11.5 Å².